The third-order valence-corrected chi connectivity index (χ3v) is 9.60. The van der Waals surface area contributed by atoms with Crippen LogP contribution in [-0.4, -0.2) is 118 Å². The maximum Gasteiger partial charge on any atom is 0.408 e. The van der Waals surface area contributed by atoms with E-state index in [9.17, 15) is 24.3 Å². The lowest BCUT2D eigenvalue weighted by Crippen LogP contribution is -2.61. The number of piperidine rings is 1. The van der Waals surface area contributed by atoms with E-state index in [0.29, 0.717) is 45.3 Å². The molecule has 5 rings (SSSR count). The third kappa shape index (κ3) is 7.75. The number of nitrogens with zero attached hydrogens (tertiary/aromatic N) is 6. The number of carboxylic acid groups (broad SMARTS) is 1. The molecule has 4 atom stereocenters. The van der Waals surface area contributed by atoms with Gasteiger partial charge in [-0.15, -0.1) is 0 Å². The number of aromatic nitrogens is 2. The number of nitrogens with one attached hydrogen (secondary N) is 1. The van der Waals surface area contributed by atoms with Crippen LogP contribution in [-0.2, 0) is 34.4 Å². The van der Waals surface area contributed by atoms with Crippen LogP contribution in [0.15, 0.2) is 48.7 Å². The molecule has 2 aliphatic rings. The van der Waals surface area contributed by atoms with Crippen molar-refractivity contribution in [1.29, 1.82) is 0 Å². The van der Waals surface area contributed by atoms with Gasteiger partial charge in [-0.05, 0) is 75.9 Å². The summed E-state index contributed by atoms with van der Waals surface area (Å²) in [6.07, 6.45) is 2.54. The summed E-state index contributed by atoms with van der Waals surface area (Å²) in [5.41, 5.74) is 4.15. The average molecular weight is 646 g/mol. The number of rotatable bonds is 10. The number of benzene rings is 2. The SMILES string of the molecule is Cc1ccc(C[C@@H]2C[C@@H](C(=O)NCc3ccc4c(cnn4C)c3)N(C(=O)[C@H]3[C@@H](C(=O)N(C)CCN(C)C)CCCN3C(=O)O)C2)cc1. The molecular weight excluding hydrogens is 598 g/mol. The first kappa shape index (κ1) is 33.9. The fourth-order valence-corrected chi connectivity index (χ4v) is 6.94. The zero-order valence-electron chi connectivity index (χ0n) is 28.1. The minimum absolute atomic E-state index is 0.0112. The Morgan fingerprint density at radius 3 is 2.43 bits per heavy atom. The van der Waals surface area contributed by atoms with Gasteiger partial charge < -0.3 is 25.1 Å². The van der Waals surface area contributed by atoms with Crippen LogP contribution >= 0.6 is 0 Å². The van der Waals surface area contributed by atoms with E-state index in [1.165, 1.54) is 0 Å². The molecule has 12 heteroatoms. The Morgan fingerprint density at radius 1 is 1.00 bits per heavy atom. The molecule has 2 saturated heterocycles. The number of carbonyl (C=O) groups is 4. The summed E-state index contributed by atoms with van der Waals surface area (Å²) in [6, 6.07) is 12.1. The standard InChI is InChI=1S/C35H47N7O5/c1-23-8-10-24(11-9-23)17-26-19-30(32(43)36-20-25-12-13-29-27(18-25)21-37-40(29)5)42(22-26)34(45)31-28(7-6-14-41(31)35(46)47)33(44)39(4)16-15-38(2)3/h8-13,18,21,26,28,30-31H,6-7,14-17,19-20,22H2,1-5H3,(H,36,43)(H,46,47)/t26-,28+,30+,31-/m1/s1. The van der Waals surface area contributed by atoms with Crippen molar-refractivity contribution in [1.82, 2.24) is 34.7 Å². The normalized spacial score (nSPS) is 21.3. The summed E-state index contributed by atoms with van der Waals surface area (Å²) >= 11 is 0. The summed E-state index contributed by atoms with van der Waals surface area (Å²) in [5, 5.41) is 18.5. The zero-order chi connectivity index (χ0) is 33.8. The molecule has 12 nitrogen and oxygen atoms in total. The second-order valence-electron chi connectivity index (χ2n) is 13.4. The van der Waals surface area contributed by atoms with Gasteiger partial charge in [0.25, 0.3) is 0 Å². The van der Waals surface area contributed by atoms with Crippen LogP contribution in [0, 0.1) is 18.8 Å². The highest BCUT2D eigenvalue weighted by Crippen LogP contribution is 2.33. The molecule has 3 aromatic rings. The first-order chi connectivity index (χ1) is 22.4. The van der Waals surface area contributed by atoms with Crippen molar-refractivity contribution in [3.05, 3.63) is 65.4 Å². The highest BCUT2D eigenvalue weighted by atomic mass is 16.4. The number of fused-ring (bicyclic) bond motifs is 1. The van der Waals surface area contributed by atoms with Gasteiger partial charge in [-0.1, -0.05) is 35.9 Å². The van der Waals surface area contributed by atoms with Gasteiger partial charge in [-0.2, -0.15) is 5.10 Å². The number of carbonyl (C=O) groups excluding carboxylic acids is 3. The van der Waals surface area contributed by atoms with E-state index in [1.807, 2.05) is 63.3 Å². The monoisotopic (exact) mass is 645 g/mol. The van der Waals surface area contributed by atoms with Crippen molar-refractivity contribution in [2.75, 3.05) is 47.3 Å². The molecule has 0 radical (unpaired) electrons. The minimum atomic E-state index is -1.24. The van der Waals surface area contributed by atoms with Crippen LogP contribution in [0.25, 0.3) is 10.9 Å². The van der Waals surface area contributed by atoms with E-state index in [1.54, 1.807) is 27.7 Å². The second kappa shape index (κ2) is 14.5. The maximum absolute atomic E-state index is 14.6. The molecule has 0 saturated carbocycles. The molecule has 2 fully saturated rings. The molecule has 3 heterocycles. The predicted octanol–water partition coefficient (Wildman–Crippen LogP) is 2.74. The maximum atomic E-state index is 14.6. The lowest BCUT2D eigenvalue weighted by Gasteiger charge is -2.41. The number of likely N-dealkylation sites (tertiary alicyclic amines) is 2. The molecule has 2 N–H and O–H groups in total. The predicted molar refractivity (Wildman–Crippen MR) is 178 cm³/mol. The van der Waals surface area contributed by atoms with Crippen molar-refractivity contribution in [2.45, 2.75) is 51.2 Å². The summed E-state index contributed by atoms with van der Waals surface area (Å²) < 4.78 is 1.79. The van der Waals surface area contributed by atoms with Gasteiger partial charge in [-0.25, -0.2) is 4.79 Å². The van der Waals surface area contributed by atoms with E-state index >= 15 is 0 Å². The fourth-order valence-electron chi connectivity index (χ4n) is 6.94. The zero-order valence-corrected chi connectivity index (χ0v) is 28.1. The largest absolute Gasteiger partial charge is 0.465 e. The quantitative estimate of drug-likeness (QED) is 0.347. The van der Waals surface area contributed by atoms with Crippen molar-refractivity contribution in [3.8, 4) is 0 Å². The number of amides is 4. The van der Waals surface area contributed by atoms with Crippen molar-refractivity contribution < 1.29 is 24.3 Å². The Hall–Kier alpha value is -4.45. The molecule has 0 spiro atoms. The van der Waals surface area contributed by atoms with Crippen LogP contribution in [0.2, 0.25) is 0 Å². The number of likely N-dealkylation sites (N-methyl/N-ethyl adjacent to an activating group) is 2. The molecule has 4 amide bonds. The Labute approximate surface area is 276 Å². The summed E-state index contributed by atoms with van der Waals surface area (Å²) in [4.78, 5) is 60.9. The molecule has 47 heavy (non-hydrogen) atoms. The van der Waals surface area contributed by atoms with Gasteiger partial charge in [-0.3, -0.25) is 24.0 Å². The van der Waals surface area contributed by atoms with Crippen molar-refractivity contribution in [2.24, 2.45) is 18.9 Å². The van der Waals surface area contributed by atoms with Gasteiger partial charge >= 0.3 is 6.09 Å². The van der Waals surface area contributed by atoms with Crippen molar-refractivity contribution in [3.63, 3.8) is 0 Å². The van der Waals surface area contributed by atoms with E-state index in [-0.39, 0.29) is 30.8 Å². The van der Waals surface area contributed by atoms with E-state index < -0.39 is 30.0 Å². The summed E-state index contributed by atoms with van der Waals surface area (Å²) in [7, 11) is 7.40. The molecule has 2 aliphatic heterocycles. The molecule has 0 aliphatic carbocycles. The topological polar surface area (TPSA) is 131 Å². The van der Waals surface area contributed by atoms with E-state index in [4.69, 9.17) is 0 Å². The highest BCUT2D eigenvalue weighted by molar-refractivity contribution is 5.96. The number of hydrogen-bond donors (Lipinski definition) is 2. The highest BCUT2D eigenvalue weighted by Gasteiger charge is 2.49. The van der Waals surface area contributed by atoms with Gasteiger partial charge in [0.05, 0.1) is 17.6 Å². The van der Waals surface area contributed by atoms with E-state index in [0.717, 1.165) is 32.5 Å². The summed E-state index contributed by atoms with van der Waals surface area (Å²) in [5.74, 6) is -1.86. The van der Waals surface area contributed by atoms with Crippen LogP contribution in [0.5, 0.6) is 0 Å². The Bertz CT molecular complexity index is 1600. The molecule has 2 aromatic carbocycles. The Kier molecular flexibility index (Phi) is 10.5. The average Bonchev–Trinajstić information content (AvgIpc) is 3.65. The minimum Gasteiger partial charge on any atom is -0.465 e. The first-order valence-corrected chi connectivity index (χ1v) is 16.4. The van der Waals surface area contributed by atoms with Gasteiger partial charge in [0.2, 0.25) is 17.7 Å². The van der Waals surface area contributed by atoms with Crippen LogP contribution in [0.4, 0.5) is 4.79 Å². The fraction of sp³-hybridized carbons (Fsp3) is 0.514. The molecule has 252 valence electrons. The first-order valence-electron chi connectivity index (χ1n) is 16.4. The van der Waals surface area contributed by atoms with Gasteiger partial charge in [0, 0.05) is 52.2 Å². The molecule has 0 bridgehead atoms. The molecule has 0 unspecified atom stereocenters. The molecule has 1 aromatic heterocycles. The Morgan fingerprint density at radius 2 is 1.72 bits per heavy atom. The lowest BCUT2D eigenvalue weighted by atomic mass is 9.86. The van der Waals surface area contributed by atoms with Gasteiger partial charge in [0.15, 0.2) is 0 Å². The van der Waals surface area contributed by atoms with Crippen molar-refractivity contribution >= 4 is 34.7 Å². The number of hydrogen-bond acceptors (Lipinski definition) is 6. The Balaban J connectivity index is 1.39. The number of aryl methyl sites for hydroxylation is 2. The summed E-state index contributed by atoms with van der Waals surface area (Å²) in [6.45, 7) is 3.85. The van der Waals surface area contributed by atoms with Gasteiger partial charge in [0.1, 0.15) is 12.1 Å². The third-order valence-electron chi connectivity index (χ3n) is 9.60. The van der Waals surface area contributed by atoms with Crippen LogP contribution in [0.3, 0.4) is 0 Å². The second-order valence-corrected chi connectivity index (χ2v) is 13.4. The van der Waals surface area contributed by atoms with Crippen LogP contribution < -0.4 is 5.32 Å². The lowest BCUT2D eigenvalue weighted by molar-refractivity contribution is -0.151. The molecular formula is C35H47N7O5. The van der Waals surface area contributed by atoms with Crippen LogP contribution in [0.1, 0.15) is 36.0 Å². The van der Waals surface area contributed by atoms with E-state index in [2.05, 4.69) is 22.5 Å². The smallest absolute Gasteiger partial charge is 0.408 e.